The summed E-state index contributed by atoms with van der Waals surface area (Å²) in [5, 5.41) is 16.1. The maximum atomic E-state index is 13.1. The van der Waals surface area contributed by atoms with Gasteiger partial charge in [-0.15, -0.1) is 0 Å². The number of hydrogen-bond acceptors (Lipinski definition) is 6. The molecule has 2 aromatic rings. The molecule has 1 saturated heterocycles. The molecule has 1 amide bonds. The van der Waals surface area contributed by atoms with Gasteiger partial charge < -0.3 is 14.9 Å². The van der Waals surface area contributed by atoms with Crippen molar-refractivity contribution in [1.82, 2.24) is 9.46 Å². The second-order valence-corrected chi connectivity index (χ2v) is 9.41. The largest absolute Gasteiger partial charge is 0.508 e. The average molecular weight is 422 g/mol. The Morgan fingerprint density at radius 3 is 2.72 bits per heavy atom. The summed E-state index contributed by atoms with van der Waals surface area (Å²) in [7, 11) is -3.68. The number of aromatic hydroxyl groups is 1. The summed E-state index contributed by atoms with van der Waals surface area (Å²) in [6, 6.07) is 6.41. The van der Waals surface area contributed by atoms with Crippen LogP contribution in [0.2, 0.25) is 0 Å². The van der Waals surface area contributed by atoms with Crippen molar-refractivity contribution in [3.63, 3.8) is 0 Å². The number of phenols is 1. The van der Waals surface area contributed by atoms with E-state index in [1.54, 1.807) is 26.0 Å². The molecule has 2 N–H and O–H groups in total. The van der Waals surface area contributed by atoms with Gasteiger partial charge in [0.05, 0.1) is 0 Å². The number of aryl methyl sites for hydroxylation is 2. The van der Waals surface area contributed by atoms with Gasteiger partial charge in [-0.05, 0) is 44.2 Å². The molecule has 158 valence electrons. The van der Waals surface area contributed by atoms with Crippen LogP contribution in [0.15, 0.2) is 33.7 Å². The lowest BCUT2D eigenvalue weighted by molar-refractivity contribution is -0.117. The van der Waals surface area contributed by atoms with E-state index >= 15 is 0 Å². The summed E-state index contributed by atoms with van der Waals surface area (Å²) in [5.41, 5.74) is 0.907. The SMILES string of the molecule is CC[C@H]1CN(S(=O)(=O)c2c(C)noc2C)CC[C@H]1CC(=O)Nc1cccc(O)c1. The smallest absolute Gasteiger partial charge is 0.248 e. The number of phenolic OH excluding ortho intramolecular Hbond substituents is 1. The molecule has 1 aromatic carbocycles. The fraction of sp³-hybridized carbons (Fsp3) is 0.500. The van der Waals surface area contributed by atoms with E-state index < -0.39 is 10.0 Å². The van der Waals surface area contributed by atoms with Crippen LogP contribution in [0.4, 0.5) is 5.69 Å². The molecular weight excluding hydrogens is 394 g/mol. The number of carbonyl (C=O) groups is 1. The van der Waals surface area contributed by atoms with Crippen molar-refractivity contribution in [2.45, 2.75) is 44.9 Å². The Bertz CT molecular complexity index is 966. The van der Waals surface area contributed by atoms with E-state index in [1.807, 2.05) is 6.92 Å². The van der Waals surface area contributed by atoms with Crippen LogP contribution in [-0.4, -0.2) is 42.0 Å². The monoisotopic (exact) mass is 421 g/mol. The minimum absolute atomic E-state index is 0.0777. The van der Waals surface area contributed by atoms with Crippen molar-refractivity contribution in [3.05, 3.63) is 35.7 Å². The molecule has 0 spiro atoms. The van der Waals surface area contributed by atoms with Crippen LogP contribution in [-0.2, 0) is 14.8 Å². The number of hydrogen-bond donors (Lipinski definition) is 2. The molecule has 1 aromatic heterocycles. The zero-order chi connectivity index (χ0) is 21.2. The molecular formula is C20H27N3O5S. The molecule has 9 heteroatoms. The van der Waals surface area contributed by atoms with Gasteiger partial charge in [-0.2, -0.15) is 4.31 Å². The molecule has 1 fully saturated rings. The summed E-state index contributed by atoms with van der Waals surface area (Å²) >= 11 is 0. The third-order valence-corrected chi connectivity index (χ3v) is 7.63. The van der Waals surface area contributed by atoms with Crippen LogP contribution in [0.3, 0.4) is 0 Å². The lowest BCUT2D eigenvalue weighted by Gasteiger charge is -2.37. The zero-order valence-corrected chi connectivity index (χ0v) is 17.7. The highest BCUT2D eigenvalue weighted by atomic mass is 32.2. The van der Waals surface area contributed by atoms with Gasteiger partial charge in [-0.3, -0.25) is 4.79 Å². The number of rotatable bonds is 6. The fourth-order valence-corrected chi connectivity index (χ4v) is 5.81. The van der Waals surface area contributed by atoms with Crippen LogP contribution in [0.25, 0.3) is 0 Å². The highest BCUT2D eigenvalue weighted by molar-refractivity contribution is 7.89. The summed E-state index contributed by atoms with van der Waals surface area (Å²) < 4.78 is 32.7. The standard InChI is InChI=1S/C20H27N3O5S/c1-4-15-12-23(29(26,27)20-13(2)22-28-14(20)3)9-8-16(15)10-19(25)21-17-6-5-7-18(24)11-17/h5-7,11,15-16,24H,4,8-10,12H2,1-3H3,(H,21,25)/t15-,16-/m0/s1. The molecule has 1 aliphatic heterocycles. The van der Waals surface area contributed by atoms with Crippen molar-refractivity contribution < 1.29 is 22.8 Å². The molecule has 3 rings (SSSR count). The predicted molar refractivity (Wildman–Crippen MR) is 108 cm³/mol. The van der Waals surface area contributed by atoms with E-state index in [0.29, 0.717) is 43.1 Å². The van der Waals surface area contributed by atoms with Gasteiger partial charge in [-0.1, -0.05) is 24.6 Å². The number of sulfonamides is 1. The second-order valence-electron chi connectivity index (χ2n) is 7.54. The topological polar surface area (TPSA) is 113 Å². The van der Waals surface area contributed by atoms with Crippen LogP contribution in [0.5, 0.6) is 5.75 Å². The quantitative estimate of drug-likeness (QED) is 0.741. The van der Waals surface area contributed by atoms with Crippen molar-refractivity contribution in [1.29, 1.82) is 0 Å². The third kappa shape index (κ3) is 4.62. The average Bonchev–Trinajstić information content (AvgIpc) is 3.00. The number of nitrogens with one attached hydrogen (secondary N) is 1. The van der Waals surface area contributed by atoms with Crippen molar-refractivity contribution in [2.24, 2.45) is 11.8 Å². The van der Waals surface area contributed by atoms with Gasteiger partial charge in [0.25, 0.3) is 0 Å². The van der Waals surface area contributed by atoms with Crippen LogP contribution >= 0.6 is 0 Å². The zero-order valence-electron chi connectivity index (χ0n) is 16.9. The first kappa shape index (κ1) is 21.3. The first-order chi connectivity index (χ1) is 13.7. The number of aromatic nitrogens is 1. The Labute approximate surface area is 170 Å². The molecule has 0 radical (unpaired) electrons. The van der Waals surface area contributed by atoms with Gasteiger partial charge in [0.15, 0.2) is 5.76 Å². The molecule has 2 heterocycles. The lowest BCUT2D eigenvalue weighted by atomic mass is 9.82. The van der Waals surface area contributed by atoms with Crippen molar-refractivity contribution >= 4 is 21.6 Å². The van der Waals surface area contributed by atoms with Gasteiger partial charge >= 0.3 is 0 Å². The maximum Gasteiger partial charge on any atom is 0.248 e. The molecule has 8 nitrogen and oxygen atoms in total. The lowest BCUT2D eigenvalue weighted by Crippen LogP contribution is -2.44. The molecule has 0 aliphatic carbocycles. The number of benzene rings is 1. The molecule has 0 unspecified atom stereocenters. The Balaban J connectivity index is 1.67. The summed E-state index contributed by atoms with van der Waals surface area (Å²) in [6.07, 6.45) is 1.69. The van der Waals surface area contributed by atoms with Crippen LogP contribution < -0.4 is 5.32 Å². The normalized spacial score (nSPS) is 20.5. The van der Waals surface area contributed by atoms with Crippen LogP contribution in [0.1, 0.15) is 37.6 Å². The Morgan fingerprint density at radius 2 is 2.10 bits per heavy atom. The minimum Gasteiger partial charge on any atom is -0.508 e. The molecule has 0 bridgehead atoms. The number of carbonyl (C=O) groups excluding carboxylic acids is 1. The number of piperidine rings is 1. The number of amides is 1. The number of nitrogens with zero attached hydrogens (tertiary/aromatic N) is 2. The van der Waals surface area contributed by atoms with Gasteiger partial charge in [-0.25, -0.2) is 8.42 Å². The predicted octanol–water partition coefficient (Wildman–Crippen LogP) is 3.06. The molecule has 1 aliphatic rings. The Hall–Kier alpha value is -2.39. The van der Waals surface area contributed by atoms with E-state index in [4.69, 9.17) is 4.52 Å². The maximum absolute atomic E-state index is 13.1. The van der Waals surface area contributed by atoms with Gasteiger partial charge in [0, 0.05) is 31.3 Å². The minimum atomic E-state index is -3.68. The van der Waals surface area contributed by atoms with Gasteiger partial charge in [0.1, 0.15) is 16.3 Å². The van der Waals surface area contributed by atoms with Crippen molar-refractivity contribution in [2.75, 3.05) is 18.4 Å². The summed E-state index contributed by atoms with van der Waals surface area (Å²) in [6.45, 7) is 5.96. The first-order valence-corrected chi connectivity index (χ1v) is 11.2. The number of anilines is 1. The van der Waals surface area contributed by atoms with Gasteiger partial charge in [0.2, 0.25) is 15.9 Å². The highest BCUT2D eigenvalue weighted by Crippen LogP contribution is 2.33. The molecule has 2 atom stereocenters. The molecule has 29 heavy (non-hydrogen) atoms. The fourth-order valence-electron chi connectivity index (χ4n) is 4.00. The van der Waals surface area contributed by atoms with E-state index in [-0.39, 0.29) is 28.4 Å². The Kier molecular flexibility index (Phi) is 6.28. The Morgan fingerprint density at radius 1 is 1.34 bits per heavy atom. The van der Waals surface area contributed by atoms with Crippen LogP contribution in [0, 0.1) is 25.7 Å². The highest BCUT2D eigenvalue weighted by Gasteiger charge is 2.38. The third-order valence-electron chi connectivity index (χ3n) is 5.52. The summed E-state index contributed by atoms with van der Waals surface area (Å²) in [4.78, 5) is 12.6. The molecule has 0 saturated carbocycles. The first-order valence-electron chi connectivity index (χ1n) is 9.74. The van der Waals surface area contributed by atoms with Crippen molar-refractivity contribution in [3.8, 4) is 5.75 Å². The van der Waals surface area contributed by atoms with E-state index in [2.05, 4.69) is 10.5 Å². The second kappa shape index (κ2) is 8.54. The summed E-state index contributed by atoms with van der Waals surface area (Å²) in [5.74, 6) is 0.415. The van der Waals surface area contributed by atoms with E-state index in [9.17, 15) is 18.3 Å². The van der Waals surface area contributed by atoms with E-state index in [0.717, 1.165) is 6.42 Å². The van der Waals surface area contributed by atoms with E-state index in [1.165, 1.54) is 16.4 Å².